The first kappa shape index (κ1) is 16.7. The van der Waals surface area contributed by atoms with Gasteiger partial charge in [0, 0.05) is 30.5 Å². The minimum absolute atomic E-state index is 0.215. The number of aliphatic imine (C=N–C) groups is 1. The molecule has 0 bridgehead atoms. The summed E-state index contributed by atoms with van der Waals surface area (Å²) in [7, 11) is 0. The third-order valence-electron chi connectivity index (χ3n) is 4.96. The second kappa shape index (κ2) is 6.60. The minimum Gasteiger partial charge on any atom is -0.361 e. The zero-order valence-corrected chi connectivity index (χ0v) is 15.3. The molecule has 0 saturated heterocycles. The Morgan fingerprint density at radius 2 is 2.21 bits per heavy atom. The molecule has 1 N–H and O–H groups in total. The van der Waals surface area contributed by atoms with Crippen LogP contribution in [0.25, 0.3) is 11.1 Å². The summed E-state index contributed by atoms with van der Waals surface area (Å²) in [6.07, 6.45) is 11.7. The Morgan fingerprint density at radius 3 is 3.00 bits per heavy atom. The summed E-state index contributed by atoms with van der Waals surface area (Å²) in [5.74, 6) is 1.40. The van der Waals surface area contributed by atoms with Crippen LogP contribution in [-0.2, 0) is 6.54 Å². The van der Waals surface area contributed by atoms with Gasteiger partial charge in [0.15, 0.2) is 0 Å². The third kappa shape index (κ3) is 2.85. The monoisotopic (exact) mass is 375 g/mol. The zero-order valence-electron chi connectivity index (χ0n) is 15.3. The molecule has 0 saturated carbocycles. The molecule has 3 aromatic heterocycles. The van der Waals surface area contributed by atoms with E-state index in [9.17, 15) is 4.39 Å². The number of nitrogens with one attached hydrogen (secondary N) is 1. The molecule has 1 aliphatic heterocycles. The lowest BCUT2D eigenvalue weighted by Crippen LogP contribution is -2.35. The van der Waals surface area contributed by atoms with Crippen LogP contribution in [0, 0.1) is 6.92 Å². The molecule has 4 heterocycles. The quantitative estimate of drug-likeness (QED) is 0.749. The molecule has 0 spiro atoms. The van der Waals surface area contributed by atoms with Gasteiger partial charge in [-0.3, -0.25) is 0 Å². The van der Waals surface area contributed by atoms with E-state index in [1.165, 1.54) is 6.08 Å². The molecular formula is C21H18FN5O. The van der Waals surface area contributed by atoms with Gasteiger partial charge in [0.05, 0.1) is 23.6 Å². The molecule has 0 fully saturated rings. The highest BCUT2D eigenvalue weighted by Gasteiger charge is 2.17. The normalized spacial score (nSPS) is 19.7. The van der Waals surface area contributed by atoms with E-state index in [0.717, 1.165) is 44.7 Å². The number of H-pyrrole nitrogens is 1. The Hall–Kier alpha value is -3.48. The summed E-state index contributed by atoms with van der Waals surface area (Å²) in [6.45, 7) is 2.42. The Bertz CT molecular complexity index is 1270. The number of hydrogen-bond donors (Lipinski definition) is 1. The number of aromatic amines is 1. The van der Waals surface area contributed by atoms with Crippen LogP contribution in [0.3, 0.4) is 0 Å². The maximum atomic E-state index is 13.5. The standard InChI is InChI=1S/C21H18FN5O/c1-13-10-16(26-28-13)11-27-12-25-19(14-2-4-15(22)5-3-14)20(27)17-6-8-23-21-18(17)7-9-24-21/h2,4-5,7-10,12,24H,3,6,11H2,1H3. The largest absolute Gasteiger partial charge is 0.361 e. The zero-order chi connectivity index (χ0) is 19.1. The molecule has 3 aromatic rings. The maximum absolute atomic E-state index is 13.5. The molecule has 0 radical (unpaired) electrons. The average molecular weight is 375 g/mol. The van der Waals surface area contributed by atoms with Gasteiger partial charge in [-0.15, -0.1) is 0 Å². The number of allylic oxidation sites excluding steroid dienone is 4. The number of hydrogen-bond acceptors (Lipinski definition) is 4. The van der Waals surface area contributed by atoms with Crippen molar-refractivity contribution in [2.24, 2.45) is 4.99 Å². The van der Waals surface area contributed by atoms with Crippen molar-refractivity contribution in [2.45, 2.75) is 26.3 Å². The van der Waals surface area contributed by atoms with E-state index in [-0.39, 0.29) is 5.83 Å². The van der Waals surface area contributed by atoms with Crippen LogP contribution >= 0.6 is 0 Å². The van der Waals surface area contributed by atoms with E-state index < -0.39 is 0 Å². The first-order chi connectivity index (χ1) is 13.7. The van der Waals surface area contributed by atoms with Gasteiger partial charge in [0.25, 0.3) is 0 Å². The van der Waals surface area contributed by atoms with Gasteiger partial charge < -0.3 is 14.1 Å². The molecule has 0 amide bonds. The highest BCUT2D eigenvalue weighted by molar-refractivity contribution is 5.88. The van der Waals surface area contributed by atoms with E-state index in [0.29, 0.717) is 19.4 Å². The minimum atomic E-state index is -0.215. The van der Waals surface area contributed by atoms with Crippen LogP contribution in [0.5, 0.6) is 0 Å². The average Bonchev–Trinajstić information content (AvgIpc) is 3.42. The third-order valence-corrected chi connectivity index (χ3v) is 4.96. The Labute approximate surface area is 160 Å². The van der Waals surface area contributed by atoms with Crippen LogP contribution in [0.15, 0.2) is 58.2 Å². The summed E-state index contributed by atoms with van der Waals surface area (Å²) in [5.41, 5.74) is 4.01. The summed E-state index contributed by atoms with van der Waals surface area (Å²) >= 11 is 0. The van der Waals surface area contributed by atoms with Crippen LogP contribution in [0.1, 0.15) is 29.9 Å². The molecule has 0 unspecified atom stereocenters. The fraction of sp³-hybridized carbons (Fsp3) is 0.190. The lowest BCUT2D eigenvalue weighted by atomic mass is 10.0. The highest BCUT2D eigenvalue weighted by Crippen LogP contribution is 2.28. The van der Waals surface area contributed by atoms with E-state index in [4.69, 9.17) is 4.52 Å². The van der Waals surface area contributed by atoms with Gasteiger partial charge >= 0.3 is 0 Å². The van der Waals surface area contributed by atoms with E-state index in [1.807, 2.05) is 37.8 Å². The van der Waals surface area contributed by atoms with Crippen molar-refractivity contribution in [2.75, 3.05) is 0 Å². The molecule has 2 aliphatic rings. The first-order valence-electron chi connectivity index (χ1n) is 9.13. The van der Waals surface area contributed by atoms with Crippen molar-refractivity contribution >= 4 is 23.2 Å². The van der Waals surface area contributed by atoms with Gasteiger partial charge in [0.1, 0.15) is 23.1 Å². The lowest BCUT2D eigenvalue weighted by molar-refractivity contribution is 0.388. The molecule has 28 heavy (non-hydrogen) atoms. The molecule has 6 nitrogen and oxygen atoms in total. The van der Waals surface area contributed by atoms with E-state index >= 15 is 0 Å². The molecule has 140 valence electrons. The Balaban J connectivity index is 1.77. The van der Waals surface area contributed by atoms with E-state index in [1.54, 1.807) is 12.2 Å². The number of halogens is 1. The second-order valence-electron chi connectivity index (χ2n) is 6.88. The Morgan fingerprint density at radius 1 is 1.29 bits per heavy atom. The van der Waals surface area contributed by atoms with Crippen molar-refractivity contribution in [3.8, 4) is 0 Å². The number of aryl methyl sites for hydroxylation is 1. The second-order valence-corrected chi connectivity index (χ2v) is 6.88. The maximum Gasteiger partial charge on any atom is 0.137 e. The predicted octanol–water partition coefficient (Wildman–Crippen LogP) is 2.82. The topological polar surface area (TPSA) is 72.0 Å². The van der Waals surface area contributed by atoms with Gasteiger partial charge in [-0.05, 0) is 42.7 Å². The molecule has 0 aromatic carbocycles. The smallest absolute Gasteiger partial charge is 0.137 e. The predicted molar refractivity (Wildman–Crippen MR) is 104 cm³/mol. The molecule has 1 aliphatic carbocycles. The molecule has 5 rings (SSSR count). The number of rotatable bonds is 2. The summed E-state index contributed by atoms with van der Waals surface area (Å²) in [6, 6.07) is 3.95. The van der Waals surface area contributed by atoms with Crippen molar-refractivity contribution in [1.82, 2.24) is 19.7 Å². The van der Waals surface area contributed by atoms with Gasteiger partial charge in [-0.25, -0.2) is 14.4 Å². The van der Waals surface area contributed by atoms with Crippen molar-refractivity contribution < 1.29 is 8.91 Å². The summed E-state index contributed by atoms with van der Waals surface area (Å²) in [5, 5.41) is 5.98. The van der Waals surface area contributed by atoms with E-state index in [2.05, 4.69) is 24.7 Å². The lowest BCUT2D eigenvalue weighted by Gasteiger charge is -2.11. The molecule has 0 atom stereocenters. The molecular weight excluding hydrogens is 357 g/mol. The highest BCUT2D eigenvalue weighted by atomic mass is 19.1. The number of nitrogens with zero attached hydrogens (tertiary/aromatic N) is 4. The van der Waals surface area contributed by atoms with Crippen molar-refractivity contribution in [1.29, 1.82) is 0 Å². The van der Waals surface area contributed by atoms with Gasteiger partial charge in [-0.2, -0.15) is 0 Å². The van der Waals surface area contributed by atoms with Gasteiger partial charge in [0.2, 0.25) is 0 Å². The number of aromatic nitrogens is 4. The Kier molecular flexibility index (Phi) is 3.93. The first-order valence-corrected chi connectivity index (χ1v) is 9.13. The SMILES string of the molecule is Cc1cc(Cn2cnc(=C3C=CC(F)=CC3)c2=C2CC=Nc3[nH]ccc32)no1. The fourth-order valence-electron chi connectivity index (χ4n) is 3.69. The van der Waals surface area contributed by atoms with Crippen molar-refractivity contribution in [3.05, 3.63) is 76.4 Å². The summed E-state index contributed by atoms with van der Waals surface area (Å²) < 4.78 is 20.8. The van der Waals surface area contributed by atoms with Gasteiger partial charge in [-0.1, -0.05) is 11.2 Å². The van der Waals surface area contributed by atoms with Crippen LogP contribution in [0.4, 0.5) is 10.2 Å². The molecule has 7 heteroatoms. The fourth-order valence-corrected chi connectivity index (χ4v) is 3.69. The van der Waals surface area contributed by atoms with Crippen LogP contribution in [0.2, 0.25) is 0 Å². The van der Waals surface area contributed by atoms with Crippen molar-refractivity contribution in [3.63, 3.8) is 0 Å². The van der Waals surface area contributed by atoms with Crippen LogP contribution in [-0.4, -0.2) is 25.9 Å². The number of imidazole rings is 1. The summed E-state index contributed by atoms with van der Waals surface area (Å²) in [4.78, 5) is 12.3. The van der Waals surface area contributed by atoms with Crippen LogP contribution < -0.4 is 10.7 Å². The number of fused-ring (bicyclic) bond motifs is 1.